The highest BCUT2D eigenvalue weighted by Gasteiger charge is 2.46. The summed E-state index contributed by atoms with van der Waals surface area (Å²) in [6, 6.07) is 5.73. The largest absolute Gasteiger partial charge is 0.355 e. The molecule has 0 atom stereocenters. The number of halogens is 1. The lowest BCUT2D eigenvalue weighted by Crippen LogP contribution is -2.70. The second-order valence-electron chi connectivity index (χ2n) is 6.57. The highest BCUT2D eigenvalue weighted by atomic mass is 35.5. The van der Waals surface area contributed by atoms with Crippen molar-refractivity contribution in [1.29, 1.82) is 0 Å². The summed E-state index contributed by atoms with van der Waals surface area (Å²) in [5.74, 6) is 1.87. The smallest absolute Gasteiger partial charge is 0.222 e. The molecule has 126 valence electrons. The minimum absolute atomic E-state index is 0.119. The molecule has 4 rings (SSSR count). The van der Waals surface area contributed by atoms with Gasteiger partial charge >= 0.3 is 0 Å². The number of nitrogens with zero attached hydrogens (tertiary/aromatic N) is 3. The normalized spacial score (nSPS) is 19.9. The van der Waals surface area contributed by atoms with Crippen molar-refractivity contribution < 1.29 is 4.79 Å². The number of aryl methyl sites for hydroxylation is 1. The Hall–Kier alpha value is -1.92. The first-order chi connectivity index (χ1) is 11.6. The molecule has 0 saturated carbocycles. The van der Waals surface area contributed by atoms with E-state index in [1.807, 2.05) is 25.1 Å². The molecule has 2 aromatic rings. The van der Waals surface area contributed by atoms with Gasteiger partial charge in [-0.05, 0) is 18.2 Å². The van der Waals surface area contributed by atoms with Crippen molar-refractivity contribution >= 4 is 34.2 Å². The van der Waals surface area contributed by atoms with E-state index in [0.29, 0.717) is 18.0 Å². The molecule has 2 aliphatic heterocycles. The molecule has 6 nitrogen and oxygen atoms in total. The van der Waals surface area contributed by atoms with E-state index < -0.39 is 0 Å². The molecule has 1 aromatic heterocycles. The molecule has 24 heavy (non-hydrogen) atoms. The Balaban J connectivity index is 1.66. The number of aromatic nitrogens is 2. The molecule has 2 aliphatic rings. The lowest BCUT2D eigenvalue weighted by atomic mass is 9.86. The van der Waals surface area contributed by atoms with Gasteiger partial charge in [0.05, 0.1) is 11.1 Å². The summed E-state index contributed by atoms with van der Waals surface area (Å²) in [5.41, 5.74) is 0.730. The van der Waals surface area contributed by atoms with E-state index in [1.54, 1.807) is 0 Å². The first kappa shape index (κ1) is 15.6. The molecule has 0 unspecified atom stereocenters. The van der Waals surface area contributed by atoms with Crippen molar-refractivity contribution in [1.82, 2.24) is 20.6 Å². The van der Waals surface area contributed by atoms with Crippen LogP contribution < -0.4 is 15.5 Å². The number of nitrogens with one attached hydrogen (secondary N) is 2. The van der Waals surface area contributed by atoms with E-state index in [-0.39, 0.29) is 11.4 Å². The molecule has 2 N–H and O–H groups in total. The van der Waals surface area contributed by atoms with E-state index in [0.717, 1.165) is 48.6 Å². The van der Waals surface area contributed by atoms with Crippen LogP contribution in [-0.4, -0.2) is 47.6 Å². The van der Waals surface area contributed by atoms with Crippen LogP contribution in [0.4, 0.5) is 5.82 Å². The molecule has 2 saturated heterocycles. The van der Waals surface area contributed by atoms with Crippen LogP contribution in [0.15, 0.2) is 18.2 Å². The number of carbonyl (C=O) groups is 1. The Labute approximate surface area is 145 Å². The van der Waals surface area contributed by atoms with E-state index in [2.05, 4.69) is 20.5 Å². The summed E-state index contributed by atoms with van der Waals surface area (Å²) in [5, 5.41) is 8.12. The fraction of sp³-hybridized carbons (Fsp3) is 0.471. The lowest BCUT2D eigenvalue weighted by molar-refractivity contribution is -0.122. The summed E-state index contributed by atoms with van der Waals surface area (Å²) in [4.78, 5) is 23.4. The van der Waals surface area contributed by atoms with Crippen molar-refractivity contribution in [3.05, 3.63) is 29.0 Å². The van der Waals surface area contributed by atoms with Crippen molar-refractivity contribution in [3.8, 4) is 0 Å². The van der Waals surface area contributed by atoms with Crippen LogP contribution in [0.3, 0.4) is 0 Å². The zero-order valence-corrected chi connectivity index (χ0v) is 14.4. The fourth-order valence-electron chi connectivity index (χ4n) is 3.55. The third-order valence-corrected chi connectivity index (χ3v) is 4.97. The third-order valence-electron chi connectivity index (χ3n) is 4.73. The van der Waals surface area contributed by atoms with Gasteiger partial charge in [0.2, 0.25) is 5.91 Å². The zero-order valence-electron chi connectivity index (χ0n) is 13.6. The van der Waals surface area contributed by atoms with Crippen LogP contribution in [0.5, 0.6) is 0 Å². The van der Waals surface area contributed by atoms with Crippen molar-refractivity contribution in [2.75, 3.05) is 31.1 Å². The summed E-state index contributed by atoms with van der Waals surface area (Å²) >= 11 is 6.12. The summed E-state index contributed by atoms with van der Waals surface area (Å²) in [6.07, 6.45) is 1.29. The lowest BCUT2D eigenvalue weighted by Gasteiger charge is -2.50. The van der Waals surface area contributed by atoms with E-state index in [1.165, 1.54) is 0 Å². The second kappa shape index (κ2) is 5.86. The molecule has 0 radical (unpaired) electrons. The molecule has 1 spiro atoms. The minimum Gasteiger partial charge on any atom is -0.355 e. The maximum Gasteiger partial charge on any atom is 0.222 e. The summed E-state index contributed by atoms with van der Waals surface area (Å²) < 4.78 is 0. The van der Waals surface area contributed by atoms with Gasteiger partial charge in [0.1, 0.15) is 11.6 Å². The quantitative estimate of drug-likeness (QED) is 0.863. The average molecular weight is 346 g/mol. The minimum atomic E-state index is -0.142. The van der Waals surface area contributed by atoms with Crippen molar-refractivity contribution in [2.45, 2.75) is 25.3 Å². The second-order valence-corrected chi connectivity index (χ2v) is 7.00. The fourth-order valence-corrected chi connectivity index (χ4v) is 3.72. The number of benzene rings is 1. The maximum atomic E-state index is 11.9. The zero-order chi connectivity index (χ0) is 16.7. The van der Waals surface area contributed by atoms with Gasteiger partial charge in [0.25, 0.3) is 0 Å². The van der Waals surface area contributed by atoms with Crippen molar-refractivity contribution in [2.24, 2.45) is 0 Å². The first-order valence-corrected chi connectivity index (χ1v) is 8.69. The van der Waals surface area contributed by atoms with E-state index in [4.69, 9.17) is 16.6 Å². The van der Waals surface area contributed by atoms with Gasteiger partial charge in [0.15, 0.2) is 0 Å². The molecule has 1 amide bonds. The van der Waals surface area contributed by atoms with Crippen LogP contribution in [0.25, 0.3) is 10.9 Å². The Bertz CT molecular complexity index is 803. The first-order valence-electron chi connectivity index (χ1n) is 8.31. The molecule has 0 aliphatic carbocycles. The predicted molar refractivity (Wildman–Crippen MR) is 94.5 cm³/mol. The molecule has 1 aromatic carbocycles. The monoisotopic (exact) mass is 345 g/mol. The predicted octanol–water partition coefficient (Wildman–Crippen LogP) is 1.51. The number of hydrogen-bond donors (Lipinski definition) is 2. The van der Waals surface area contributed by atoms with E-state index >= 15 is 0 Å². The SMILES string of the molecule is CCc1nc(N2CC3(CC(=O)NCCN3)C2)c2ccc(Cl)cc2n1. The van der Waals surface area contributed by atoms with Gasteiger partial charge in [0, 0.05) is 49.4 Å². The van der Waals surface area contributed by atoms with Gasteiger partial charge < -0.3 is 15.5 Å². The number of hydrogen-bond acceptors (Lipinski definition) is 5. The highest BCUT2D eigenvalue weighted by Crippen LogP contribution is 2.34. The number of rotatable bonds is 2. The Morgan fingerprint density at radius 1 is 1.29 bits per heavy atom. The van der Waals surface area contributed by atoms with Crippen LogP contribution in [0, 0.1) is 0 Å². The molecular formula is C17H20ClN5O. The van der Waals surface area contributed by atoms with Gasteiger partial charge in [-0.2, -0.15) is 0 Å². The Kier molecular flexibility index (Phi) is 3.81. The van der Waals surface area contributed by atoms with E-state index in [9.17, 15) is 4.79 Å². The molecular weight excluding hydrogens is 326 g/mol. The molecule has 2 fully saturated rings. The van der Waals surface area contributed by atoms with Crippen molar-refractivity contribution in [3.63, 3.8) is 0 Å². The standard InChI is InChI=1S/C17H20ClN5O/c1-2-14-21-13-7-11(18)3-4-12(13)16(22-14)23-9-17(10-23)8-15(24)19-5-6-20-17/h3-4,7,20H,2,5-6,8-10H2,1H3,(H,19,24). The molecule has 3 heterocycles. The molecule has 7 heteroatoms. The summed E-state index contributed by atoms with van der Waals surface area (Å²) in [6.45, 7) is 5.09. The van der Waals surface area contributed by atoms with Gasteiger partial charge in [-0.3, -0.25) is 4.79 Å². The average Bonchev–Trinajstić information content (AvgIpc) is 2.73. The van der Waals surface area contributed by atoms with Gasteiger partial charge in [-0.1, -0.05) is 18.5 Å². The summed E-state index contributed by atoms with van der Waals surface area (Å²) in [7, 11) is 0. The van der Waals surface area contributed by atoms with Crippen LogP contribution in [0.2, 0.25) is 5.02 Å². The number of anilines is 1. The third kappa shape index (κ3) is 2.70. The number of amides is 1. The Morgan fingerprint density at radius 2 is 2.12 bits per heavy atom. The van der Waals surface area contributed by atoms with Gasteiger partial charge in [-0.25, -0.2) is 9.97 Å². The number of fused-ring (bicyclic) bond motifs is 1. The van der Waals surface area contributed by atoms with Crippen LogP contribution in [0.1, 0.15) is 19.2 Å². The van der Waals surface area contributed by atoms with Crippen LogP contribution >= 0.6 is 11.6 Å². The number of carbonyl (C=O) groups excluding carboxylic acids is 1. The highest BCUT2D eigenvalue weighted by molar-refractivity contribution is 6.31. The topological polar surface area (TPSA) is 70.2 Å². The molecule has 0 bridgehead atoms. The Morgan fingerprint density at radius 3 is 2.92 bits per heavy atom. The van der Waals surface area contributed by atoms with Crippen LogP contribution in [-0.2, 0) is 11.2 Å². The maximum absolute atomic E-state index is 11.9. The van der Waals surface area contributed by atoms with Gasteiger partial charge in [-0.15, -0.1) is 0 Å².